The Morgan fingerprint density at radius 2 is 1.90 bits per heavy atom. The Morgan fingerprint density at radius 3 is 2.83 bits per heavy atom. The Bertz CT molecular complexity index is 1040. The monoisotopic (exact) mass is 387 g/mol. The number of benzene rings is 2. The average Bonchev–Trinajstić information content (AvgIpc) is 3.14. The van der Waals surface area contributed by atoms with E-state index in [1.807, 2.05) is 0 Å². The number of hydrogen-bond donors (Lipinski definition) is 1. The third-order valence-electron chi connectivity index (χ3n) is 6.32. The molecular formula is C25H29N3O. The summed E-state index contributed by atoms with van der Waals surface area (Å²) in [6.45, 7) is 5.49. The second-order valence-electron chi connectivity index (χ2n) is 8.18. The number of fused-ring (bicyclic) bond motifs is 4. The quantitative estimate of drug-likeness (QED) is 0.617. The first-order valence-corrected chi connectivity index (χ1v) is 10.7. The van der Waals surface area contributed by atoms with Crippen molar-refractivity contribution in [2.75, 3.05) is 26.7 Å². The van der Waals surface area contributed by atoms with Gasteiger partial charge in [-0.25, -0.2) is 0 Å². The highest BCUT2D eigenvalue weighted by molar-refractivity contribution is 5.90. The molecule has 0 saturated heterocycles. The first-order chi connectivity index (χ1) is 14.3. The fourth-order valence-corrected chi connectivity index (χ4v) is 4.78. The molecule has 0 radical (unpaired) electrons. The summed E-state index contributed by atoms with van der Waals surface area (Å²) in [6.07, 6.45) is 8.07. The first-order valence-electron chi connectivity index (χ1n) is 10.7. The molecular weight excluding hydrogens is 358 g/mol. The molecule has 0 saturated carbocycles. The van der Waals surface area contributed by atoms with Gasteiger partial charge in [-0.2, -0.15) is 0 Å². The third-order valence-corrected chi connectivity index (χ3v) is 6.32. The van der Waals surface area contributed by atoms with Crippen LogP contribution in [0.3, 0.4) is 0 Å². The highest BCUT2D eigenvalue weighted by Gasteiger charge is 2.22. The Kier molecular flexibility index (Phi) is 5.03. The van der Waals surface area contributed by atoms with E-state index in [4.69, 9.17) is 4.74 Å². The van der Waals surface area contributed by atoms with Crippen molar-refractivity contribution in [1.82, 2.24) is 14.8 Å². The minimum absolute atomic E-state index is 0.990. The van der Waals surface area contributed by atoms with Crippen LogP contribution in [0.4, 0.5) is 0 Å². The van der Waals surface area contributed by atoms with Crippen LogP contribution in [0, 0.1) is 0 Å². The van der Waals surface area contributed by atoms with E-state index in [0.29, 0.717) is 0 Å². The Morgan fingerprint density at radius 1 is 1.00 bits per heavy atom. The van der Waals surface area contributed by atoms with Gasteiger partial charge in [0.1, 0.15) is 5.75 Å². The number of nitrogens with zero attached hydrogens (tertiary/aromatic N) is 2. The molecule has 0 spiro atoms. The standard InChI is InChI=1S/C25H29N3O/c1-29-24-10-6-9-22-25(24)21-12-16-28(18-23(21)26-22)14-5-4-13-27-15-11-19-7-2-3-8-20(19)17-27/h2-3,6-11,15,26H,4-5,12-14,16-18H2,1H3. The van der Waals surface area contributed by atoms with Crippen LogP contribution >= 0.6 is 0 Å². The molecule has 150 valence electrons. The molecule has 3 heterocycles. The van der Waals surface area contributed by atoms with E-state index in [9.17, 15) is 0 Å². The normalized spacial score (nSPS) is 16.1. The van der Waals surface area contributed by atoms with Gasteiger partial charge in [0.25, 0.3) is 0 Å². The molecule has 0 atom stereocenters. The largest absolute Gasteiger partial charge is 0.496 e. The summed E-state index contributed by atoms with van der Waals surface area (Å²) in [7, 11) is 1.76. The topological polar surface area (TPSA) is 31.5 Å². The zero-order chi connectivity index (χ0) is 19.6. The number of nitrogens with one attached hydrogen (secondary N) is 1. The molecule has 5 rings (SSSR count). The smallest absolute Gasteiger partial charge is 0.128 e. The summed E-state index contributed by atoms with van der Waals surface area (Å²) in [6, 6.07) is 15.0. The van der Waals surface area contributed by atoms with Crippen LogP contribution in [-0.2, 0) is 19.5 Å². The molecule has 3 aromatic rings. The second kappa shape index (κ2) is 7.96. The van der Waals surface area contributed by atoms with Crippen molar-refractivity contribution in [3.63, 3.8) is 0 Å². The molecule has 2 aromatic carbocycles. The number of rotatable bonds is 6. The highest BCUT2D eigenvalue weighted by atomic mass is 16.5. The minimum atomic E-state index is 0.990. The zero-order valence-corrected chi connectivity index (χ0v) is 17.2. The summed E-state index contributed by atoms with van der Waals surface area (Å²) in [5.41, 5.74) is 6.82. The number of aromatic nitrogens is 1. The number of H-pyrrole nitrogens is 1. The van der Waals surface area contributed by atoms with E-state index in [2.05, 4.69) is 69.5 Å². The van der Waals surface area contributed by atoms with Gasteiger partial charge in [-0.1, -0.05) is 30.3 Å². The SMILES string of the molecule is COc1cccc2[nH]c3c(c12)CCN(CCCCN1C=Cc2ccccc2C1)C3. The molecule has 2 aliphatic heterocycles. The van der Waals surface area contributed by atoms with E-state index in [0.717, 1.165) is 38.3 Å². The van der Waals surface area contributed by atoms with Crippen molar-refractivity contribution in [1.29, 1.82) is 0 Å². The van der Waals surface area contributed by atoms with Crippen LogP contribution in [0.15, 0.2) is 48.7 Å². The highest BCUT2D eigenvalue weighted by Crippen LogP contribution is 2.34. The maximum absolute atomic E-state index is 5.59. The molecule has 0 bridgehead atoms. The maximum Gasteiger partial charge on any atom is 0.128 e. The minimum Gasteiger partial charge on any atom is -0.496 e. The van der Waals surface area contributed by atoms with Gasteiger partial charge in [-0.3, -0.25) is 4.90 Å². The first kappa shape index (κ1) is 18.3. The number of aromatic amines is 1. The lowest BCUT2D eigenvalue weighted by Crippen LogP contribution is -2.31. The summed E-state index contributed by atoms with van der Waals surface area (Å²) in [5.74, 6) is 0.990. The number of methoxy groups -OCH3 is 1. The van der Waals surface area contributed by atoms with Gasteiger partial charge >= 0.3 is 0 Å². The molecule has 1 aromatic heterocycles. The Hall–Kier alpha value is -2.72. The van der Waals surface area contributed by atoms with E-state index in [1.165, 1.54) is 52.7 Å². The number of unbranched alkanes of at least 4 members (excludes halogenated alkanes) is 1. The molecule has 0 unspecified atom stereocenters. The van der Waals surface area contributed by atoms with E-state index >= 15 is 0 Å². The van der Waals surface area contributed by atoms with Crippen LogP contribution in [0.2, 0.25) is 0 Å². The molecule has 29 heavy (non-hydrogen) atoms. The summed E-state index contributed by atoms with van der Waals surface area (Å²) in [5, 5.41) is 1.28. The average molecular weight is 388 g/mol. The van der Waals surface area contributed by atoms with Crippen LogP contribution in [0.1, 0.15) is 35.2 Å². The zero-order valence-electron chi connectivity index (χ0n) is 17.2. The maximum atomic E-state index is 5.59. The molecule has 2 aliphatic rings. The Balaban J connectivity index is 1.14. The number of hydrogen-bond acceptors (Lipinski definition) is 3. The predicted molar refractivity (Wildman–Crippen MR) is 119 cm³/mol. The predicted octanol–water partition coefficient (Wildman–Crippen LogP) is 4.80. The van der Waals surface area contributed by atoms with E-state index in [-0.39, 0.29) is 0 Å². The van der Waals surface area contributed by atoms with Crippen LogP contribution in [0.25, 0.3) is 17.0 Å². The van der Waals surface area contributed by atoms with Gasteiger partial charge in [-0.05, 0) is 66.9 Å². The van der Waals surface area contributed by atoms with Crippen molar-refractivity contribution >= 4 is 17.0 Å². The number of ether oxygens (including phenoxy) is 1. The van der Waals surface area contributed by atoms with Crippen molar-refractivity contribution in [2.45, 2.75) is 32.4 Å². The van der Waals surface area contributed by atoms with E-state index < -0.39 is 0 Å². The second-order valence-corrected chi connectivity index (χ2v) is 8.18. The van der Waals surface area contributed by atoms with Gasteiger partial charge in [0.15, 0.2) is 0 Å². The summed E-state index contributed by atoms with van der Waals surface area (Å²) in [4.78, 5) is 8.67. The van der Waals surface area contributed by atoms with Gasteiger partial charge in [-0.15, -0.1) is 0 Å². The molecule has 4 heteroatoms. The van der Waals surface area contributed by atoms with Crippen LogP contribution in [0.5, 0.6) is 5.75 Å². The van der Waals surface area contributed by atoms with Crippen molar-refractivity contribution in [3.05, 3.63) is 71.0 Å². The lowest BCUT2D eigenvalue weighted by Gasteiger charge is -2.28. The van der Waals surface area contributed by atoms with E-state index in [1.54, 1.807) is 7.11 Å². The van der Waals surface area contributed by atoms with Gasteiger partial charge < -0.3 is 14.6 Å². The van der Waals surface area contributed by atoms with Gasteiger partial charge in [0.05, 0.1) is 7.11 Å². The Labute approximate surface area is 172 Å². The third kappa shape index (κ3) is 3.65. The molecule has 0 amide bonds. The fraction of sp³-hybridized carbons (Fsp3) is 0.360. The van der Waals surface area contributed by atoms with Crippen molar-refractivity contribution < 1.29 is 4.74 Å². The summed E-state index contributed by atoms with van der Waals surface area (Å²) >= 11 is 0. The molecule has 0 fully saturated rings. The summed E-state index contributed by atoms with van der Waals surface area (Å²) < 4.78 is 5.59. The van der Waals surface area contributed by atoms with Gasteiger partial charge in [0.2, 0.25) is 0 Å². The molecule has 1 N–H and O–H groups in total. The van der Waals surface area contributed by atoms with Crippen LogP contribution < -0.4 is 4.74 Å². The lowest BCUT2D eigenvalue weighted by atomic mass is 10.0. The molecule has 4 nitrogen and oxygen atoms in total. The molecule has 0 aliphatic carbocycles. The van der Waals surface area contributed by atoms with Crippen molar-refractivity contribution in [3.8, 4) is 5.75 Å². The van der Waals surface area contributed by atoms with Crippen molar-refractivity contribution in [2.24, 2.45) is 0 Å². The lowest BCUT2D eigenvalue weighted by molar-refractivity contribution is 0.240. The fourth-order valence-electron chi connectivity index (χ4n) is 4.78. The van der Waals surface area contributed by atoms with Crippen LogP contribution in [-0.4, -0.2) is 41.5 Å². The van der Waals surface area contributed by atoms with Gasteiger partial charge in [0, 0.05) is 42.8 Å².